The smallest absolute Gasteiger partial charge is 0.338 e. The van der Waals surface area contributed by atoms with Gasteiger partial charge >= 0.3 is 5.97 Å². The van der Waals surface area contributed by atoms with Crippen LogP contribution in [0.4, 0.5) is 10.5 Å². The van der Waals surface area contributed by atoms with Crippen molar-refractivity contribution in [2.75, 3.05) is 25.1 Å². The Morgan fingerprint density at radius 1 is 1.00 bits per heavy atom. The molecule has 1 aliphatic heterocycles. The summed E-state index contributed by atoms with van der Waals surface area (Å²) < 4.78 is 12.5. The number of amides is 3. The van der Waals surface area contributed by atoms with Crippen LogP contribution >= 0.6 is 11.8 Å². The molecule has 0 aliphatic carbocycles. The Labute approximate surface area is 230 Å². The average Bonchev–Trinajstić information content (AvgIpc) is 3.34. The third-order valence-electron chi connectivity index (χ3n) is 6.00. The van der Waals surface area contributed by atoms with E-state index >= 15 is 0 Å². The third-order valence-corrected chi connectivity index (χ3v) is 6.90. The fourth-order valence-corrected chi connectivity index (χ4v) is 5.07. The molecular formula is C29H29N3O6S. The van der Waals surface area contributed by atoms with Crippen LogP contribution in [0, 0.1) is 13.8 Å². The van der Waals surface area contributed by atoms with E-state index in [1.54, 1.807) is 55.5 Å². The standard InChI is InChI=1S/C29H29N3O6S/c1-5-37-24-12-10-22(11-13-24)30-26(33)17-31-27(34)25(39-29(31)36)16-21-14-18(3)32(19(21)4)23-9-7-8-20(15-23)28(35)38-6-2/h7-16H,5-6,17H2,1-4H3,(H,30,33)/b25-16-. The van der Waals surface area contributed by atoms with Gasteiger partial charge in [-0.1, -0.05) is 6.07 Å². The number of hydrogen-bond donors (Lipinski definition) is 1. The van der Waals surface area contributed by atoms with Gasteiger partial charge in [0.25, 0.3) is 11.1 Å². The topological polar surface area (TPSA) is 107 Å². The predicted molar refractivity (Wildman–Crippen MR) is 150 cm³/mol. The number of benzene rings is 2. The van der Waals surface area contributed by atoms with Gasteiger partial charge in [-0.2, -0.15) is 0 Å². The zero-order chi connectivity index (χ0) is 28.1. The molecule has 1 aliphatic rings. The number of imide groups is 1. The number of ether oxygens (including phenoxy) is 2. The summed E-state index contributed by atoms with van der Waals surface area (Å²) in [6.07, 6.45) is 1.66. The van der Waals surface area contributed by atoms with Crippen LogP contribution in [0.15, 0.2) is 59.5 Å². The first kappa shape index (κ1) is 27.7. The maximum Gasteiger partial charge on any atom is 0.338 e. The molecule has 1 N–H and O–H groups in total. The normalized spacial score (nSPS) is 14.2. The molecule has 1 saturated heterocycles. The van der Waals surface area contributed by atoms with Crippen LogP contribution in [0.3, 0.4) is 0 Å². The first-order valence-corrected chi connectivity index (χ1v) is 13.3. The second-order valence-electron chi connectivity index (χ2n) is 8.71. The Morgan fingerprint density at radius 3 is 2.44 bits per heavy atom. The predicted octanol–water partition coefficient (Wildman–Crippen LogP) is 5.34. The van der Waals surface area contributed by atoms with E-state index < -0.39 is 29.6 Å². The molecule has 2 heterocycles. The van der Waals surface area contributed by atoms with Crippen molar-refractivity contribution in [2.45, 2.75) is 27.7 Å². The van der Waals surface area contributed by atoms with E-state index in [4.69, 9.17) is 9.47 Å². The van der Waals surface area contributed by atoms with E-state index in [-0.39, 0.29) is 11.5 Å². The van der Waals surface area contributed by atoms with Crippen LogP contribution in [0.1, 0.15) is 41.2 Å². The second-order valence-corrected chi connectivity index (χ2v) is 9.70. The highest BCUT2D eigenvalue weighted by molar-refractivity contribution is 8.18. The number of aryl methyl sites for hydroxylation is 1. The molecule has 0 spiro atoms. The molecule has 3 aromatic rings. The number of nitrogens with one attached hydrogen (secondary N) is 1. The van der Waals surface area contributed by atoms with E-state index in [1.165, 1.54) is 0 Å². The second kappa shape index (κ2) is 12.0. The fraction of sp³-hybridized carbons (Fsp3) is 0.241. The Hall–Kier alpha value is -4.31. The first-order valence-electron chi connectivity index (χ1n) is 12.5. The highest BCUT2D eigenvalue weighted by Gasteiger charge is 2.36. The van der Waals surface area contributed by atoms with E-state index in [1.807, 2.05) is 37.5 Å². The zero-order valence-electron chi connectivity index (χ0n) is 22.1. The zero-order valence-corrected chi connectivity index (χ0v) is 23.0. The van der Waals surface area contributed by atoms with Gasteiger partial charge in [-0.05, 0) is 99.6 Å². The lowest BCUT2D eigenvalue weighted by atomic mass is 10.2. The number of nitrogens with zero attached hydrogens (tertiary/aromatic N) is 2. The molecule has 9 nitrogen and oxygen atoms in total. The number of carbonyl (C=O) groups is 4. The van der Waals surface area contributed by atoms with Crippen molar-refractivity contribution in [2.24, 2.45) is 0 Å². The van der Waals surface area contributed by atoms with Gasteiger partial charge in [0.05, 0.1) is 23.7 Å². The average molecular weight is 548 g/mol. The quantitative estimate of drug-likeness (QED) is 0.284. The number of anilines is 1. The van der Waals surface area contributed by atoms with E-state index in [9.17, 15) is 19.2 Å². The Kier molecular flexibility index (Phi) is 8.55. The van der Waals surface area contributed by atoms with Gasteiger partial charge in [0.15, 0.2) is 0 Å². The molecule has 10 heteroatoms. The summed E-state index contributed by atoms with van der Waals surface area (Å²) in [6.45, 7) is 7.87. The monoisotopic (exact) mass is 547 g/mol. The molecule has 4 rings (SSSR count). The number of aromatic nitrogens is 1. The van der Waals surface area contributed by atoms with Crippen molar-refractivity contribution >= 4 is 46.5 Å². The SMILES string of the molecule is CCOC(=O)c1cccc(-n2c(C)cc(/C=C3\SC(=O)N(CC(=O)Nc4ccc(OCC)cc4)C3=O)c2C)c1. The molecule has 1 aromatic heterocycles. The molecule has 39 heavy (non-hydrogen) atoms. The van der Waals surface area contributed by atoms with E-state index in [2.05, 4.69) is 5.32 Å². The van der Waals surface area contributed by atoms with Gasteiger partial charge in [-0.15, -0.1) is 0 Å². The van der Waals surface area contributed by atoms with Gasteiger partial charge in [0, 0.05) is 22.8 Å². The summed E-state index contributed by atoms with van der Waals surface area (Å²) in [7, 11) is 0. The van der Waals surface area contributed by atoms with Crippen molar-refractivity contribution in [1.82, 2.24) is 9.47 Å². The minimum atomic E-state index is -0.527. The summed E-state index contributed by atoms with van der Waals surface area (Å²) in [6, 6.07) is 15.8. The van der Waals surface area contributed by atoms with Crippen molar-refractivity contribution in [3.05, 3.63) is 82.0 Å². The minimum Gasteiger partial charge on any atom is -0.494 e. The summed E-state index contributed by atoms with van der Waals surface area (Å²) in [4.78, 5) is 51.6. The summed E-state index contributed by atoms with van der Waals surface area (Å²) in [5, 5.41) is 2.19. The van der Waals surface area contributed by atoms with Crippen molar-refractivity contribution in [3.63, 3.8) is 0 Å². The summed E-state index contributed by atoms with van der Waals surface area (Å²) in [5.74, 6) is -0.733. The molecule has 0 bridgehead atoms. The van der Waals surface area contributed by atoms with Crippen molar-refractivity contribution < 1.29 is 28.7 Å². The molecule has 0 saturated carbocycles. The number of rotatable bonds is 9. The highest BCUT2D eigenvalue weighted by Crippen LogP contribution is 2.34. The van der Waals surface area contributed by atoms with Crippen LogP contribution in [0.2, 0.25) is 0 Å². The highest BCUT2D eigenvalue weighted by atomic mass is 32.2. The Bertz CT molecular complexity index is 1460. The van der Waals surface area contributed by atoms with Gasteiger partial charge in [0.1, 0.15) is 12.3 Å². The van der Waals surface area contributed by atoms with Gasteiger partial charge in [-0.3, -0.25) is 19.3 Å². The van der Waals surface area contributed by atoms with Crippen molar-refractivity contribution in [3.8, 4) is 11.4 Å². The molecule has 3 amide bonds. The van der Waals surface area contributed by atoms with E-state index in [0.717, 1.165) is 39.3 Å². The number of thioether (sulfide) groups is 1. The maximum absolute atomic E-state index is 13.0. The summed E-state index contributed by atoms with van der Waals surface area (Å²) in [5.41, 5.74) is 4.20. The number of esters is 1. The van der Waals surface area contributed by atoms with E-state index in [0.29, 0.717) is 23.6 Å². The van der Waals surface area contributed by atoms with Crippen LogP contribution in [0.25, 0.3) is 11.8 Å². The van der Waals surface area contributed by atoms with Gasteiger partial charge in [0.2, 0.25) is 5.91 Å². The minimum absolute atomic E-state index is 0.231. The fourth-order valence-electron chi connectivity index (χ4n) is 4.24. The molecule has 2 aromatic carbocycles. The van der Waals surface area contributed by atoms with Gasteiger partial charge < -0.3 is 19.4 Å². The Morgan fingerprint density at radius 2 is 1.74 bits per heavy atom. The van der Waals surface area contributed by atoms with Crippen LogP contribution in [0.5, 0.6) is 5.75 Å². The Balaban J connectivity index is 1.49. The first-order chi connectivity index (χ1) is 18.7. The maximum atomic E-state index is 13.0. The lowest BCUT2D eigenvalue weighted by Gasteiger charge is -2.13. The lowest BCUT2D eigenvalue weighted by Crippen LogP contribution is -2.36. The molecule has 0 atom stereocenters. The number of carbonyl (C=O) groups excluding carboxylic acids is 4. The van der Waals surface area contributed by atoms with Crippen LogP contribution in [-0.4, -0.2) is 52.2 Å². The van der Waals surface area contributed by atoms with Gasteiger partial charge in [-0.25, -0.2) is 4.79 Å². The van der Waals surface area contributed by atoms with Crippen LogP contribution < -0.4 is 10.1 Å². The van der Waals surface area contributed by atoms with Crippen LogP contribution in [-0.2, 0) is 14.3 Å². The van der Waals surface area contributed by atoms with Crippen molar-refractivity contribution in [1.29, 1.82) is 0 Å². The molecule has 0 unspecified atom stereocenters. The largest absolute Gasteiger partial charge is 0.494 e. The summed E-state index contributed by atoms with van der Waals surface area (Å²) >= 11 is 0.795. The number of hydrogen-bond acceptors (Lipinski definition) is 7. The molecular weight excluding hydrogens is 518 g/mol. The lowest BCUT2D eigenvalue weighted by molar-refractivity contribution is -0.127. The molecule has 0 radical (unpaired) electrons. The third kappa shape index (κ3) is 6.23. The molecule has 202 valence electrons. The molecule has 1 fully saturated rings.